The van der Waals surface area contributed by atoms with Crippen LogP contribution in [0, 0.1) is 0 Å². The first kappa shape index (κ1) is 10.7. The summed E-state index contributed by atoms with van der Waals surface area (Å²) in [6.07, 6.45) is 1.12. The zero-order valence-corrected chi connectivity index (χ0v) is 9.61. The fourth-order valence-electron chi connectivity index (χ4n) is 0.322. The fraction of sp³-hybridized carbons (Fsp3) is 1.00. The summed E-state index contributed by atoms with van der Waals surface area (Å²) < 4.78 is 0. The molecule has 0 spiro atoms. The van der Waals surface area contributed by atoms with Gasteiger partial charge in [-0.05, 0) is 0 Å². The van der Waals surface area contributed by atoms with Gasteiger partial charge in [-0.15, -0.1) is 0 Å². The van der Waals surface area contributed by atoms with Crippen LogP contribution in [0.2, 0.25) is 0 Å². The van der Waals surface area contributed by atoms with E-state index in [1.807, 2.05) is 0 Å². The molecule has 4 heteroatoms. The molecule has 0 fully saturated rings. The molecule has 46 valence electrons. The van der Waals surface area contributed by atoms with Crippen LogP contribution in [0.3, 0.4) is 0 Å². The summed E-state index contributed by atoms with van der Waals surface area (Å²) in [5.41, 5.74) is 9.12. The van der Waals surface area contributed by atoms with Crippen molar-refractivity contribution in [2.75, 3.05) is 6.54 Å². The van der Waals surface area contributed by atoms with Crippen molar-refractivity contribution < 1.29 is 18.1 Å². The first-order valence-electron chi connectivity index (χ1n) is 2.32. The van der Waals surface area contributed by atoms with Crippen LogP contribution < -0.4 is 23.9 Å². The molecule has 0 aromatic rings. The normalized spacial score (nSPS) is 12.9. The standard InChI is InChI=1S/C3H12GeN2.ClH/c4-3(6)1-2-5;/h3H,1-2,5-6H2,4H3;1H. The second-order valence-corrected chi connectivity index (χ2v) is 4.73. The maximum Gasteiger partial charge on any atom is -1.00 e. The van der Waals surface area contributed by atoms with Crippen LogP contribution in [0.15, 0.2) is 0 Å². The number of hydrogen-bond acceptors (Lipinski definition) is 1. The van der Waals surface area contributed by atoms with Gasteiger partial charge in [0.25, 0.3) is 0 Å². The number of rotatable bonds is 2. The molecule has 1 atom stereocenters. The Bertz CT molecular complexity index is 34.1. The average Bonchev–Trinajstić information content (AvgIpc) is 1.35. The van der Waals surface area contributed by atoms with E-state index in [2.05, 4.69) is 5.73 Å². The summed E-state index contributed by atoms with van der Waals surface area (Å²) in [6.45, 7) is 1.00. The summed E-state index contributed by atoms with van der Waals surface area (Å²) >= 11 is 0.810. The van der Waals surface area contributed by atoms with E-state index in [4.69, 9.17) is 5.73 Å². The Hall–Kier alpha value is 0.753. The first-order chi connectivity index (χ1) is 2.77. The third-order valence-corrected chi connectivity index (χ3v) is 1.87. The summed E-state index contributed by atoms with van der Waals surface area (Å²) in [7, 11) is 0. The molecule has 0 amide bonds. The second kappa shape index (κ2) is 6.75. The van der Waals surface area contributed by atoms with Gasteiger partial charge in [-0.1, -0.05) is 0 Å². The largest absolute Gasteiger partial charge is 1.00 e. The van der Waals surface area contributed by atoms with Crippen molar-refractivity contribution >= 4 is 16.5 Å². The molecule has 0 radical (unpaired) electrons. The Kier molecular flexibility index (Phi) is 10.3. The minimum Gasteiger partial charge on any atom is -1.00 e. The van der Waals surface area contributed by atoms with Gasteiger partial charge in [0, 0.05) is 0 Å². The SMILES string of the molecule is N[CH]([GeH3])CC[NH3+].[Cl-]. The van der Waals surface area contributed by atoms with Crippen LogP contribution in [-0.2, 0) is 0 Å². The molecule has 5 N–H and O–H groups in total. The second-order valence-electron chi connectivity index (χ2n) is 1.62. The van der Waals surface area contributed by atoms with Crippen LogP contribution in [0.25, 0.3) is 0 Å². The van der Waals surface area contributed by atoms with Crippen molar-refractivity contribution in [2.45, 2.75) is 11.3 Å². The van der Waals surface area contributed by atoms with Gasteiger partial charge in [-0.3, -0.25) is 0 Å². The Morgan fingerprint density at radius 2 is 2.14 bits per heavy atom. The van der Waals surface area contributed by atoms with Crippen LogP contribution in [-0.4, -0.2) is 27.9 Å². The zero-order valence-electron chi connectivity index (χ0n) is 4.65. The van der Waals surface area contributed by atoms with Crippen LogP contribution >= 0.6 is 0 Å². The molecule has 0 rings (SSSR count). The van der Waals surface area contributed by atoms with Crippen molar-refractivity contribution in [3.63, 3.8) is 0 Å². The van der Waals surface area contributed by atoms with E-state index in [0.29, 0.717) is 4.87 Å². The minimum absolute atomic E-state index is 0. The number of nitrogens with two attached hydrogens (primary N) is 1. The van der Waals surface area contributed by atoms with Gasteiger partial charge in [0.1, 0.15) is 0 Å². The molecule has 0 heterocycles. The van der Waals surface area contributed by atoms with Gasteiger partial charge in [0.05, 0.1) is 0 Å². The van der Waals surface area contributed by atoms with Crippen molar-refractivity contribution in [2.24, 2.45) is 5.73 Å². The molecule has 1 unspecified atom stereocenters. The molecule has 0 aliphatic rings. The van der Waals surface area contributed by atoms with Gasteiger partial charge in [0.2, 0.25) is 0 Å². The number of quaternary nitrogens is 1. The molecular formula is C3H13ClGeN2. The Labute approximate surface area is 58.6 Å². The Balaban J connectivity index is 0. The molecule has 0 aliphatic carbocycles. The maximum atomic E-state index is 5.45. The average molecular weight is 185 g/mol. The van der Waals surface area contributed by atoms with E-state index in [-0.39, 0.29) is 12.4 Å². The number of hydrogen-bond donors (Lipinski definition) is 2. The fourth-order valence-corrected chi connectivity index (χ4v) is 1.18. The van der Waals surface area contributed by atoms with Gasteiger partial charge >= 0.3 is 45.8 Å². The molecule has 0 aliphatic heterocycles. The summed E-state index contributed by atoms with van der Waals surface area (Å²) in [6, 6.07) is 0. The van der Waals surface area contributed by atoms with Gasteiger partial charge < -0.3 is 12.4 Å². The van der Waals surface area contributed by atoms with Crippen molar-refractivity contribution in [3.05, 3.63) is 0 Å². The van der Waals surface area contributed by atoms with E-state index >= 15 is 0 Å². The van der Waals surface area contributed by atoms with Gasteiger partial charge in [0.15, 0.2) is 0 Å². The van der Waals surface area contributed by atoms with Crippen LogP contribution in [0.1, 0.15) is 6.42 Å². The summed E-state index contributed by atoms with van der Waals surface area (Å²) in [5.74, 6) is 0. The van der Waals surface area contributed by atoms with E-state index < -0.39 is 0 Å². The molecular weight excluding hydrogens is 172 g/mol. The Morgan fingerprint density at radius 1 is 1.71 bits per heavy atom. The minimum atomic E-state index is 0. The van der Waals surface area contributed by atoms with E-state index in [9.17, 15) is 0 Å². The summed E-state index contributed by atoms with van der Waals surface area (Å²) in [5, 5.41) is 0. The molecule has 0 aromatic heterocycles. The van der Waals surface area contributed by atoms with Crippen molar-refractivity contribution in [1.29, 1.82) is 0 Å². The predicted molar refractivity (Wildman–Crippen MR) is 30.3 cm³/mol. The van der Waals surface area contributed by atoms with Gasteiger partial charge in [-0.2, -0.15) is 0 Å². The monoisotopic (exact) mass is 186 g/mol. The quantitative estimate of drug-likeness (QED) is 0.414. The van der Waals surface area contributed by atoms with E-state index in [0.717, 1.165) is 29.5 Å². The van der Waals surface area contributed by atoms with Crippen molar-refractivity contribution in [3.8, 4) is 0 Å². The molecule has 7 heavy (non-hydrogen) atoms. The molecule has 0 aromatic carbocycles. The molecule has 0 saturated heterocycles. The third-order valence-electron chi connectivity index (χ3n) is 0.659. The zero-order chi connectivity index (χ0) is 4.99. The summed E-state index contributed by atoms with van der Waals surface area (Å²) in [4.78, 5) is 0.523. The van der Waals surface area contributed by atoms with Crippen LogP contribution in [0.5, 0.6) is 0 Å². The van der Waals surface area contributed by atoms with E-state index in [1.54, 1.807) is 0 Å². The third kappa shape index (κ3) is 10.8. The number of halogens is 1. The van der Waals surface area contributed by atoms with Crippen molar-refractivity contribution in [1.82, 2.24) is 0 Å². The topological polar surface area (TPSA) is 53.7 Å². The molecule has 0 saturated carbocycles. The van der Waals surface area contributed by atoms with Crippen LogP contribution in [0.4, 0.5) is 0 Å². The van der Waals surface area contributed by atoms with Gasteiger partial charge in [-0.25, -0.2) is 0 Å². The first-order valence-corrected chi connectivity index (χ1v) is 4.74. The molecule has 2 nitrogen and oxygen atoms in total. The smallest absolute Gasteiger partial charge is 1.00 e. The maximum absolute atomic E-state index is 5.45. The molecule has 0 bridgehead atoms. The Morgan fingerprint density at radius 3 is 2.14 bits per heavy atom. The predicted octanol–water partition coefficient (Wildman–Crippen LogP) is -5.73. The van der Waals surface area contributed by atoms with E-state index in [1.165, 1.54) is 0 Å².